The lowest BCUT2D eigenvalue weighted by Crippen LogP contribution is -2.24. The number of para-hydroxylation sites is 1. The van der Waals surface area contributed by atoms with Crippen molar-refractivity contribution in [2.75, 3.05) is 31.3 Å². The molecule has 0 atom stereocenters. The summed E-state index contributed by atoms with van der Waals surface area (Å²) in [6, 6.07) is 17.6. The second kappa shape index (κ2) is 9.89. The first-order valence-electron chi connectivity index (χ1n) is 8.69. The standard InChI is InChI=1S/C20H22N4O2S/c1-26-12-11-21-19-16-9-5-6-10-17(16)23-20(24-19)27-14-18(25)22-13-15-7-3-2-4-8-15/h2-10H,11-14H2,1H3,(H,22,25)(H,21,23,24). The molecule has 0 bridgehead atoms. The third-order valence-electron chi connectivity index (χ3n) is 3.85. The molecule has 0 saturated carbocycles. The lowest BCUT2D eigenvalue weighted by molar-refractivity contribution is -0.118. The number of carbonyl (C=O) groups excluding carboxylic acids is 1. The van der Waals surface area contributed by atoms with E-state index in [1.165, 1.54) is 11.8 Å². The number of thioether (sulfide) groups is 1. The molecule has 0 spiro atoms. The molecule has 6 nitrogen and oxygen atoms in total. The Morgan fingerprint density at radius 2 is 1.85 bits per heavy atom. The highest BCUT2D eigenvalue weighted by Crippen LogP contribution is 2.24. The van der Waals surface area contributed by atoms with Crippen LogP contribution in [0.2, 0.25) is 0 Å². The van der Waals surface area contributed by atoms with Gasteiger partial charge in [-0.3, -0.25) is 4.79 Å². The molecule has 0 fully saturated rings. The zero-order valence-electron chi connectivity index (χ0n) is 15.1. The topological polar surface area (TPSA) is 76.1 Å². The van der Waals surface area contributed by atoms with Crippen LogP contribution in [0.25, 0.3) is 10.9 Å². The molecular formula is C20H22N4O2S. The van der Waals surface area contributed by atoms with Crippen LogP contribution in [0.3, 0.4) is 0 Å². The fourth-order valence-corrected chi connectivity index (χ4v) is 3.18. The van der Waals surface area contributed by atoms with Gasteiger partial charge in [0.2, 0.25) is 5.91 Å². The number of benzene rings is 2. The van der Waals surface area contributed by atoms with Crippen molar-refractivity contribution in [2.45, 2.75) is 11.7 Å². The van der Waals surface area contributed by atoms with Gasteiger partial charge in [-0.25, -0.2) is 9.97 Å². The van der Waals surface area contributed by atoms with Crippen LogP contribution in [0.5, 0.6) is 0 Å². The van der Waals surface area contributed by atoms with Crippen molar-refractivity contribution in [2.24, 2.45) is 0 Å². The van der Waals surface area contributed by atoms with Crippen LogP contribution in [0.15, 0.2) is 59.8 Å². The number of aromatic nitrogens is 2. The summed E-state index contributed by atoms with van der Waals surface area (Å²) in [6.45, 7) is 1.75. The zero-order chi connectivity index (χ0) is 18.9. The van der Waals surface area contributed by atoms with E-state index >= 15 is 0 Å². The molecule has 0 aliphatic carbocycles. The van der Waals surface area contributed by atoms with Gasteiger partial charge in [-0.1, -0.05) is 54.2 Å². The molecular weight excluding hydrogens is 360 g/mol. The van der Waals surface area contributed by atoms with Crippen LogP contribution in [0.1, 0.15) is 5.56 Å². The first-order valence-corrected chi connectivity index (χ1v) is 9.68. The molecule has 0 aliphatic heterocycles. The molecule has 0 aliphatic rings. The molecule has 7 heteroatoms. The van der Waals surface area contributed by atoms with Gasteiger partial charge in [-0.15, -0.1) is 0 Å². The Balaban J connectivity index is 1.62. The zero-order valence-corrected chi connectivity index (χ0v) is 16.0. The number of rotatable bonds is 9. The van der Waals surface area contributed by atoms with Gasteiger partial charge in [0.1, 0.15) is 5.82 Å². The molecule has 1 amide bonds. The Bertz CT molecular complexity index is 890. The summed E-state index contributed by atoms with van der Waals surface area (Å²) in [5.41, 5.74) is 1.92. The average Bonchev–Trinajstić information content (AvgIpc) is 2.71. The largest absolute Gasteiger partial charge is 0.383 e. The highest BCUT2D eigenvalue weighted by molar-refractivity contribution is 7.99. The molecule has 2 aromatic carbocycles. The number of fused-ring (bicyclic) bond motifs is 1. The van der Waals surface area contributed by atoms with Gasteiger partial charge in [0, 0.05) is 25.6 Å². The third kappa shape index (κ3) is 5.67. The molecule has 2 N–H and O–H groups in total. The van der Waals surface area contributed by atoms with E-state index in [0.29, 0.717) is 24.9 Å². The van der Waals surface area contributed by atoms with E-state index in [1.807, 2.05) is 54.6 Å². The van der Waals surface area contributed by atoms with Crippen LogP contribution in [-0.4, -0.2) is 41.9 Å². The summed E-state index contributed by atoms with van der Waals surface area (Å²) in [5, 5.41) is 7.71. The van der Waals surface area contributed by atoms with Crippen molar-refractivity contribution in [3.63, 3.8) is 0 Å². The number of anilines is 1. The minimum absolute atomic E-state index is 0.0468. The highest BCUT2D eigenvalue weighted by Gasteiger charge is 2.10. The Morgan fingerprint density at radius 3 is 2.67 bits per heavy atom. The number of nitrogens with one attached hydrogen (secondary N) is 2. The first kappa shape index (κ1) is 19.1. The maximum Gasteiger partial charge on any atom is 0.230 e. The SMILES string of the molecule is COCCNc1nc(SCC(=O)NCc2ccccc2)nc2ccccc12. The van der Waals surface area contributed by atoms with Gasteiger partial charge in [-0.05, 0) is 17.7 Å². The van der Waals surface area contributed by atoms with Crippen LogP contribution < -0.4 is 10.6 Å². The minimum Gasteiger partial charge on any atom is -0.383 e. The summed E-state index contributed by atoms with van der Waals surface area (Å²) in [5.74, 6) is 0.974. The summed E-state index contributed by atoms with van der Waals surface area (Å²) in [6.07, 6.45) is 0. The first-order chi connectivity index (χ1) is 13.3. The van der Waals surface area contributed by atoms with Crippen molar-refractivity contribution in [3.05, 3.63) is 60.2 Å². The van der Waals surface area contributed by atoms with Crippen LogP contribution in [0.4, 0.5) is 5.82 Å². The smallest absolute Gasteiger partial charge is 0.230 e. The predicted molar refractivity (Wildman–Crippen MR) is 109 cm³/mol. The lowest BCUT2D eigenvalue weighted by atomic mass is 10.2. The molecule has 3 aromatic rings. The number of hydrogen-bond acceptors (Lipinski definition) is 6. The molecule has 1 aromatic heterocycles. The number of amides is 1. The fraction of sp³-hybridized carbons (Fsp3) is 0.250. The van der Waals surface area contributed by atoms with Crippen molar-refractivity contribution < 1.29 is 9.53 Å². The Morgan fingerprint density at radius 1 is 1.07 bits per heavy atom. The maximum atomic E-state index is 12.1. The molecule has 0 radical (unpaired) electrons. The normalized spacial score (nSPS) is 10.7. The average molecular weight is 382 g/mol. The second-order valence-electron chi connectivity index (χ2n) is 5.84. The van der Waals surface area contributed by atoms with Crippen LogP contribution >= 0.6 is 11.8 Å². The van der Waals surface area contributed by atoms with Gasteiger partial charge in [0.25, 0.3) is 0 Å². The van der Waals surface area contributed by atoms with Gasteiger partial charge in [-0.2, -0.15) is 0 Å². The number of ether oxygens (including phenoxy) is 1. The third-order valence-corrected chi connectivity index (χ3v) is 4.69. The minimum atomic E-state index is -0.0468. The summed E-state index contributed by atoms with van der Waals surface area (Å²) >= 11 is 1.33. The monoisotopic (exact) mass is 382 g/mol. The van der Waals surface area contributed by atoms with E-state index in [2.05, 4.69) is 20.6 Å². The van der Waals surface area contributed by atoms with Crippen molar-refractivity contribution in [3.8, 4) is 0 Å². The van der Waals surface area contributed by atoms with E-state index in [1.54, 1.807) is 7.11 Å². The molecule has 0 saturated heterocycles. The number of methoxy groups -OCH3 is 1. The van der Waals surface area contributed by atoms with Crippen molar-refractivity contribution in [1.29, 1.82) is 0 Å². The second-order valence-corrected chi connectivity index (χ2v) is 6.79. The molecule has 0 unspecified atom stereocenters. The van der Waals surface area contributed by atoms with Gasteiger partial charge >= 0.3 is 0 Å². The summed E-state index contributed by atoms with van der Waals surface area (Å²) in [4.78, 5) is 21.3. The van der Waals surface area contributed by atoms with Gasteiger partial charge < -0.3 is 15.4 Å². The molecule has 1 heterocycles. The number of carbonyl (C=O) groups is 1. The predicted octanol–water partition coefficient (Wildman–Crippen LogP) is 3.10. The van der Waals surface area contributed by atoms with E-state index in [9.17, 15) is 4.79 Å². The van der Waals surface area contributed by atoms with Crippen LogP contribution in [0, 0.1) is 0 Å². The summed E-state index contributed by atoms with van der Waals surface area (Å²) in [7, 11) is 1.66. The molecule has 3 rings (SSSR count). The van der Waals surface area contributed by atoms with E-state index in [-0.39, 0.29) is 11.7 Å². The maximum absolute atomic E-state index is 12.1. The highest BCUT2D eigenvalue weighted by atomic mass is 32.2. The fourth-order valence-electron chi connectivity index (χ4n) is 2.50. The van der Waals surface area contributed by atoms with E-state index in [4.69, 9.17) is 4.74 Å². The Kier molecular flexibility index (Phi) is 7.01. The quantitative estimate of drug-likeness (QED) is 0.336. The number of nitrogens with zero attached hydrogens (tertiary/aromatic N) is 2. The van der Waals surface area contributed by atoms with Crippen molar-refractivity contribution in [1.82, 2.24) is 15.3 Å². The molecule has 140 valence electrons. The lowest BCUT2D eigenvalue weighted by Gasteiger charge is -2.10. The van der Waals surface area contributed by atoms with Gasteiger partial charge in [0.15, 0.2) is 5.16 Å². The number of hydrogen-bond donors (Lipinski definition) is 2. The van der Waals surface area contributed by atoms with E-state index in [0.717, 1.165) is 22.3 Å². The van der Waals surface area contributed by atoms with Crippen LogP contribution in [-0.2, 0) is 16.1 Å². The Labute approximate surface area is 162 Å². The summed E-state index contributed by atoms with van der Waals surface area (Å²) < 4.78 is 5.08. The van der Waals surface area contributed by atoms with E-state index < -0.39 is 0 Å². The molecule has 27 heavy (non-hydrogen) atoms. The Hall–Kier alpha value is -2.64. The van der Waals surface area contributed by atoms with Crippen molar-refractivity contribution >= 4 is 34.4 Å². The van der Waals surface area contributed by atoms with Gasteiger partial charge in [0.05, 0.1) is 17.9 Å².